The Hall–Kier alpha value is -3.51. The molecule has 0 aliphatic heterocycles. The molecule has 1 amide bonds. The molecule has 4 rings (SSSR count). The summed E-state index contributed by atoms with van der Waals surface area (Å²) in [6.45, 7) is 2.05. The summed E-state index contributed by atoms with van der Waals surface area (Å²) in [5.41, 5.74) is 1.67. The van der Waals surface area contributed by atoms with Crippen LogP contribution in [0.2, 0.25) is 5.02 Å². The molecule has 1 heterocycles. The van der Waals surface area contributed by atoms with Gasteiger partial charge in [-0.15, -0.1) is 0 Å². The molecule has 0 bridgehead atoms. The van der Waals surface area contributed by atoms with Crippen molar-refractivity contribution in [3.8, 4) is 11.5 Å². The average Bonchev–Trinajstić information content (AvgIpc) is 2.77. The molecule has 0 aliphatic carbocycles. The normalized spacial score (nSPS) is 11.0. The molecule has 0 saturated carbocycles. The van der Waals surface area contributed by atoms with Gasteiger partial charge in [-0.05, 0) is 53.1 Å². The van der Waals surface area contributed by atoms with E-state index in [-0.39, 0.29) is 18.3 Å². The number of likely N-dealkylation sites (N-methyl/N-ethyl adjacent to an activating group) is 1. The summed E-state index contributed by atoms with van der Waals surface area (Å²) in [5.74, 6) is 0.882. The van der Waals surface area contributed by atoms with E-state index in [0.717, 1.165) is 33.0 Å². The summed E-state index contributed by atoms with van der Waals surface area (Å²) in [7, 11) is 3.36. The highest BCUT2D eigenvalue weighted by Crippen LogP contribution is 2.31. The van der Waals surface area contributed by atoms with Gasteiger partial charge in [-0.1, -0.05) is 29.8 Å². The molecule has 0 N–H and O–H groups in total. The maximum atomic E-state index is 12.6. The van der Waals surface area contributed by atoms with Crippen LogP contribution in [0.15, 0.2) is 63.8 Å². The lowest BCUT2D eigenvalue weighted by molar-refractivity contribution is -0.132. The van der Waals surface area contributed by atoms with Gasteiger partial charge < -0.3 is 18.8 Å². The van der Waals surface area contributed by atoms with Crippen molar-refractivity contribution in [2.75, 3.05) is 20.8 Å². The molecule has 4 aromatic rings. The van der Waals surface area contributed by atoms with E-state index < -0.39 is 5.63 Å². The highest BCUT2D eigenvalue weighted by atomic mass is 35.5. The van der Waals surface area contributed by atoms with Crippen molar-refractivity contribution < 1.29 is 18.7 Å². The number of carbonyl (C=O) groups excluding carboxylic acids is 1. The van der Waals surface area contributed by atoms with Crippen molar-refractivity contribution in [3.63, 3.8) is 0 Å². The van der Waals surface area contributed by atoms with Crippen molar-refractivity contribution in [1.82, 2.24) is 4.90 Å². The molecular weight excluding hydrogens is 430 g/mol. The van der Waals surface area contributed by atoms with Crippen LogP contribution in [0, 0.1) is 6.92 Å². The number of methoxy groups -OCH3 is 1. The van der Waals surface area contributed by atoms with Crippen LogP contribution in [0.25, 0.3) is 21.7 Å². The molecule has 0 aliphatic rings. The highest BCUT2D eigenvalue weighted by Gasteiger charge is 2.14. The summed E-state index contributed by atoms with van der Waals surface area (Å²) in [4.78, 5) is 25.8. The van der Waals surface area contributed by atoms with E-state index in [1.807, 2.05) is 36.4 Å². The van der Waals surface area contributed by atoms with E-state index in [1.165, 1.54) is 12.1 Å². The zero-order valence-electron chi connectivity index (χ0n) is 18.0. The molecule has 0 radical (unpaired) electrons. The zero-order chi connectivity index (χ0) is 22.8. The van der Waals surface area contributed by atoms with Gasteiger partial charge in [-0.25, -0.2) is 4.79 Å². The van der Waals surface area contributed by atoms with Gasteiger partial charge in [-0.2, -0.15) is 0 Å². The second-order valence-corrected chi connectivity index (χ2v) is 8.02. The van der Waals surface area contributed by atoms with E-state index in [1.54, 1.807) is 32.0 Å². The van der Waals surface area contributed by atoms with Crippen LogP contribution in [0.5, 0.6) is 11.5 Å². The molecular formula is C25H22ClNO5. The smallest absolute Gasteiger partial charge is 0.336 e. The lowest BCUT2D eigenvalue weighted by Crippen LogP contribution is -2.31. The Kier molecular flexibility index (Phi) is 6.06. The minimum Gasteiger partial charge on any atom is -0.497 e. The summed E-state index contributed by atoms with van der Waals surface area (Å²) < 4.78 is 16.1. The highest BCUT2D eigenvalue weighted by molar-refractivity contribution is 6.32. The van der Waals surface area contributed by atoms with Crippen LogP contribution < -0.4 is 15.1 Å². The Morgan fingerprint density at radius 2 is 1.81 bits per heavy atom. The Bertz CT molecular complexity index is 1380. The van der Waals surface area contributed by atoms with Crippen molar-refractivity contribution in [2.24, 2.45) is 0 Å². The van der Waals surface area contributed by atoms with Crippen molar-refractivity contribution >= 4 is 39.2 Å². The molecule has 0 atom stereocenters. The maximum absolute atomic E-state index is 12.6. The molecule has 7 heteroatoms. The number of hydrogen-bond donors (Lipinski definition) is 0. The minimum absolute atomic E-state index is 0.192. The maximum Gasteiger partial charge on any atom is 0.336 e. The van der Waals surface area contributed by atoms with Crippen LogP contribution >= 0.6 is 11.6 Å². The van der Waals surface area contributed by atoms with Gasteiger partial charge in [0.2, 0.25) is 0 Å². The van der Waals surface area contributed by atoms with E-state index in [4.69, 9.17) is 25.5 Å². The number of benzene rings is 3. The summed E-state index contributed by atoms with van der Waals surface area (Å²) >= 11 is 6.31. The molecule has 0 fully saturated rings. The summed E-state index contributed by atoms with van der Waals surface area (Å²) in [5, 5.41) is 3.20. The van der Waals surface area contributed by atoms with Crippen LogP contribution in [-0.4, -0.2) is 31.6 Å². The molecule has 3 aromatic carbocycles. The molecule has 6 nitrogen and oxygen atoms in total. The third-order valence-corrected chi connectivity index (χ3v) is 5.61. The predicted octanol–water partition coefficient (Wildman–Crippen LogP) is 4.95. The first-order chi connectivity index (χ1) is 15.3. The second-order valence-electron chi connectivity index (χ2n) is 7.61. The summed E-state index contributed by atoms with van der Waals surface area (Å²) in [6, 6.07) is 16.5. The van der Waals surface area contributed by atoms with Crippen molar-refractivity contribution in [1.29, 1.82) is 0 Å². The van der Waals surface area contributed by atoms with Crippen LogP contribution in [0.4, 0.5) is 0 Å². The quantitative estimate of drug-likeness (QED) is 0.388. The zero-order valence-corrected chi connectivity index (χ0v) is 18.7. The Labute approximate surface area is 189 Å². The van der Waals surface area contributed by atoms with E-state index in [9.17, 15) is 9.59 Å². The fraction of sp³-hybridized carbons (Fsp3) is 0.200. The second kappa shape index (κ2) is 8.93. The summed E-state index contributed by atoms with van der Waals surface area (Å²) in [6.07, 6.45) is 0. The first kappa shape index (κ1) is 21.7. The number of amides is 1. The van der Waals surface area contributed by atoms with Gasteiger partial charge in [0.15, 0.2) is 6.61 Å². The van der Waals surface area contributed by atoms with E-state index >= 15 is 0 Å². The van der Waals surface area contributed by atoms with Gasteiger partial charge in [-0.3, -0.25) is 4.79 Å². The number of aryl methyl sites for hydroxylation is 1. The number of ether oxygens (including phenoxy) is 2. The number of nitrogens with zero attached hydrogens (tertiary/aromatic N) is 1. The fourth-order valence-electron chi connectivity index (χ4n) is 3.54. The number of carbonyl (C=O) groups is 1. The Balaban J connectivity index is 1.44. The van der Waals surface area contributed by atoms with Crippen LogP contribution in [-0.2, 0) is 11.3 Å². The Morgan fingerprint density at radius 1 is 1.06 bits per heavy atom. The largest absolute Gasteiger partial charge is 0.497 e. The molecule has 164 valence electrons. The molecule has 0 spiro atoms. The van der Waals surface area contributed by atoms with E-state index in [0.29, 0.717) is 17.2 Å². The van der Waals surface area contributed by atoms with Gasteiger partial charge in [0.1, 0.15) is 17.1 Å². The van der Waals surface area contributed by atoms with Gasteiger partial charge >= 0.3 is 5.63 Å². The lowest BCUT2D eigenvalue weighted by atomic mass is 10.1. The molecule has 1 aromatic heterocycles. The predicted molar refractivity (Wildman–Crippen MR) is 125 cm³/mol. The number of halogens is 1. The monoisotopic (exact) mass is 451 g/mol. The van der Waals surface area contributed by atoms with Gasteiger partial charge in [0.05, 0.1) is 12.1 Å². The van der Waals surface area contributed by atoms with E-state index in [2.05, 4.69) is 0 Å². The van der Waals surface area contributed by atoms with Crippen LogP contribution in [0.1, 0.15) is 11.1 Å². The van der Waals surface area contributed by atoms with Crippen molar-refractivity contribution in [2.45, 2.75) is 13.5 Å². The minimum atomic E-state index is -0.451. The lowest BCUT2D eigenvalue weighted by Gasteiger charge is -2.18. The standard InChI is InChI=1S/C25H22ClNO5/c1-15-8-25(29)32-22-12-23(21(26)11-20(15)22)31-14-24(28)27(2)13-16-4-5-18-10-19(30-3)7-6-17(18)9-16/h4-12H,13-14H2,1-3H3. The molecule has 32 heavy (non-hydrogen) atoms. The fourth-order valence-corrected chi connectivity index (χ4v) is 3.76. The van der Waals surface area contributed by atoms with Crippen LogP contribution in [0.3, 0.4) is 0 Å². The first-order valence-corrected chi connectivity index (χ1v) is 10.4. The number of rotatable bonds is 6. The van der Waals surface area contributed by atoms with Gasteiger partial charge in [0.25, 0.3) is 5.91 Å². The van der Waals surface area contributed by atoms with Gasteiger partial charge in [0, 0.05) is 31.1 Å². The number of fused-ring (bicyclic) bond motifs is 2. The number of hydrogen-bond acceptors (Lipinski definition) is 5. The third kappa shape index (κ3) is 4.55. The Morgan fingerprint density at radius 3 is 2.59 bits per heavy atom. The SMILES string of the molecule is COc1ccc2cc(CN(C)C(=O)COc3cc4oc(=O)cc(C)c4cc3Cl)ccc2c1. The molecule has 0 saturated heterocycles. The first-order valence-electron chi connectivity index (χ1n) is 10.0. The topological polar surface area (TPSA) is 69.0 Å². The third-order valence-electron chi connectivity index (χ3n) is 5.31. The van der Waals surface area contributed by atoms with Crippen molar-refractivity contribution in [3.05, 3.63) is 81.2 Å². The molecule has 0 unspecified atom stereocenters. The average molecular weight is 452 g/mol.